The summed E-state index contributed by atoms with van der Waals surface area (Å²) < 4.78 is 23.3. The van der Waals surface area contributed by atoms with Gasteiger partial charge in [0.05, 0.1) is 22.9 Å². The van der Waals surface area contributed by atoms with Crippen LogP contribution in [0.1, 0.15) is 32.3 Å². The molecule has 108 valence electrons. The lowest BCUT2D eigenvalue weighted by Gasteiger charge is -2.15. The Morgan fingerprint density at radius 1 is 1.05 bits per heavy atom. The average molecular weight is 286 g/mol. The quantitative estimate of drug-likeness (QED) is 0.797. The number of aliphatic hydroxyl groups excluding tert-OH is 2. The van der Waals surface area contributed by atoms with Gasteiger partial charge in [0.1, 0.15) is 0 Å². The van der Waals surface area contributed by atoms with E-state index in [2.05, 4.69) is 0 Å². The van der Waals surface area contributed by atoms with Crippen molar-refractivity contribution < 1.29 is 18.6 Å². The standard InChI is InChI=1S/C14H22O4S/c1-3-13(15)14(16)10-7-11-5-8-12(9-6-11)19(17,18)4-2/h5-6,8-9,13-16H,3-4,7,10H2,1-2H3. The summed E-state index contributed by atoms with van der Waals surface area (Å²) >= 11 is 0. The summed E-state index contributed by atoms with van der Waals surface area (Å²) in [5.74, 6) is 0.0910. The summed E-state index contributed by atoms with van der Waals surface area (Å²) in [7, 11) is -3.15. The first-order chi connectivity index (χ1) is 8.90. The average Bonchev–Trinajstić information content (AvgIpc) is 2.44. The molecule has 0 heterocycles. The molecule has 2 unspecified atom stereocenters. The van der Waals surface area contributed by atoms with Gasteiger partial charge in [0, 0.05) is 0 Å². The van der Waals surface area contributed by atoms with Gasteiger partial charge in [-0.05, 0) is 37.0 Å². The van der Waals surface area contributed by atoms with Gasteiger partial charge in [0.2, 0.25) is 0 Å². The molecule has 2 atom stereocenters. The second-order valence-electron chi connectivity index (χ2n) is 4.63. The van der Waals surface area contributed by atoms with Gasteiger partial charge in [-0.25, -0.2) is 8.42 Å². The van der Waals surface area contributed by atoms with Crippen LogP contribution >= 0.6 is 0 Å². The Hall–Kier alpha value is -0.910. The molecule has 19 heavy (non-hydrogen) atoms. The van der Waals surface area contributed by atoms with Gasteiger partial charge in [0.25, 0.3) is 0 Å². The minimum atomic E-state index is -3.15. The molecule has 0 saturated heterocycles. The summed E-state index contributed by atoms with van der Waals surface area (Å²) in [6, 6.07) is 6.70. The van der Waals surface area contributed by atoms with E-state index in [1.807, 2.05) is 6.92 Å². The number of hydrogen-bond donors (Lipinski definition) is 2. The second-order valence-corrected chi connectivity index (χ2v) is 6.91. The van der Waals surface area contributed by atoms with E-state index >= 15 is 0 Å². The Morgan fingerprint density at radius 2 is 1.63 bits per heavy atom. The highest BCUT2D eigenvalue weighted by Crippen LogP contribution is 2.14. The van der Waals surface area contributed by atoms with Crippen molar-refractivity contribution in [3.8, 4) is 0 Å². The molecule has 0 spiro atoms. The van der Waals surface area contributed by atoms with Crippen LogP contribution in [0.5, 0.6) is 0 Å². The maximum atomic E-state index is 11.6. The SMILES string of the molecule is CCC(O)C(O)CCc1ccc(S(=O)(=O)CC)cc1. The first kappa shape index (κ1) is 16.1. The lowest BCUT2D eigenvalue weighted by molar-refractivity contribution is 0.0130. The first-order valence-electron chi connectivity index (χ1n) is 6.58. The molecule has 2 N–H and O–H groups in total. The zero-order valence-corrected chi connectivity index (χ0v) is 12.2. The number of aryl methyl sites for hydroxylation is 1. The maximum Gasteiger partial charge on any atom is 0.178 e. The van der Waals surface area contributed by atoms with Gasteiger partial charge in [-0.2, -0.15) is 0 Å². The summed E-state index contributed by atoms with van der Waals surface area (Å²) in [6.07, 6.45) is 0.179. The molecule has 1 rings (SSSR count). The zero-order valence-electron chi connectivity index (χ0n) is 11.4. The van der Waals surface area contributed by atoms with Crippen LogP contribution < -0.4 is 0 Å². The van der Waals surface area contributed by atoms with Crippen LogP contribution in [0.25, 0.3) is 0 Å². The van der Waals surface area contributed by atoms with Gasteiger partial charge in [0.15, 0.2) is 9.84 Å². The normalized spacial score (nSPS) is 15.2. The van der Waals surface area contributed by atoms with Crippen LogP contribution in [0.2, 0.25) is 0 Å². The topological polar surface area (TPSA) is 74.6 Å². The fourth-order valence-electron chi connectivity index (χ4n) is 1.81. The molecule has 0 radical (unpaired) electrons. The summed E-state index contributed by atoms with van der Waals surface area (Å²) in [5.41, 5.74) is 0.956. The molecule has 1 aromatic carbocycles. The van der Waals surface area contributed by atoms with Crippen molar-refractivity contribution in [3.05, 3.63) is 29.8 Å². The molecule has 5 heteroatoms. The number of benzene rings is 1. The van der Waals surface area contributed by atoms with Gasteiger partial charge >= 0.3 is 0 Å². The molecular formula is C14H22O4S. The Bertz CT molecular complexity index is 479. The molecule has 0 bridgehead atoms. The third-order valence-electron chi connectivity index (χ3n) is 3.25. The van der Waals surface area contributed by atoms with Gasteiger partial charge in [-0.1, -0.05) is 26.0 Å². The van der Waals surface area contributed by atoms with Crippen molar-refractivity contribution in [2.45, 2.75) is 50.2 Å². The van der Waals surface area contributed by atoms with E-state index in [1.54, 1.807) is 31.2 Å². The van der Waals surface area contributed by atoms with Crippen molar-refractivity contribution in [1.82, 2.24) is 0 Å². The molecule has 0 fully saturated rings. The minimum absolute atomic E-state index is 0.0910. The summed E-state index contributed by atoms with van der Waals surface area (Å²) in [6.45, 7) is 3.43. The molecule has 0 aromatic heterocycles. The van der Waals surface area contributed by atoms with Crippen molar-refractivity contribution >= 4 is 9.84 Å². The summed E-state index contributed by atoms with van der Waals surface area (Å²) in [5, 5.41) is 19.1. The monoisotopic (exact) mass is 286 g/mol. The van der Waals surface area contributed by atoms with Crippen molar-refractivity contribution in [3.63, 3.8) is 0 Å². The predicted molar refractivity (Wildman–Crippen MR) is 74.8 cm³/mol. The van der Waals surface area contributed by atoms with Crippen LogP contribution in [0.15, 0.2) is 29.2 Å². The molecule has 0 aliphatic carbocycles. The van der Waals surface area contributed by atoms with Gasteiger partial charge < -0.3 is 10.2 Å². The molecule has 0 amide bonds. The Kier molecular flexibility index (Phi) is 5.97. The van der Waals surface area contributed by atoms with Crippen molar-refractivity contribution in [2.75, 3.05) is 5.75 Å². The lowest BCUT2D eigenvalue weighted by Crippen LogP contribution is -2.25. The van der Waals surface area contributed by atoms with Crippen molar-refractivity contribution in [1.29, 1.82) is 0 Å². The molecule has 0 aliphatic rings. The molecule has 4 nitrogen and oxygen atoms in total. The van der Waals surface area contributed by atoms with E-state index in [1.165, 1.54) is 0 Å². The van der Waals surface area contributed by atoms with E-state index in [4.69, 9.17) is 0 Å². The largest absolute Gasteiger partial charge is 0.390 e. The highest BCUT2D eigenvalue weighted by atomic mass is 32.2. The third kappa shape index (κ3) is 4.60. The Balaban J connectivity index is 2.63. The number of sulfone groups is 1. The van der Waals surface area contributed by atoms with Gasteiger partial charge in [-0.3, -0.25) is 0 Å². The highest BCUT2D eigenvalue weighted by Gasteiger charge is 2.14. The molecular weight excluding hydrogens is 264 g/mol. The van der Waals surface area contributed by atoms with Crippen LogP contribution in [-0.2, 0) is 16.3 Å². The zero-order chi connectivity index (χ0) is 14.5. The maximum absolute atomic E-state index is 11.6. The third-order valence-corrected chi connectivity index (χ3v) is 5.00. The van der Waals surface area contributed by atoms with E-state index in [0.717, 1.165) is 5.56 Å². The van der Waals surface area contributed by atoms with Crippen LogP contribution in [0.3, 0.4) is 0 Å². The number of aliphatic hydroxyl groups is 2. The van der Waals surface area contributed by atoms with E-state index in [9.17, 15) is 18.6 Å². The predicted octanol–water partition coefficient (Wildman–Crippen LogP) is 1.54. The minimum Gasteiger partial charge on any atom is -0.390 e. The molecule has 1 aromatic rings. The van der Waals surface area contributed by atoms with Crippen LogP contribution in [0, 0.1) is 0 Å². The fraction of sp³-hybridized carbons (Fsp3) is 0.571. The fourth-order valence-corrected chi connectivity index (χ4v) is 2.69. The first-order valence-corrected chi connectivity index (χ1v) is 8.23. The Labute approximate surface area is 115 Å². The molecule has 0 saturated carbocycles. The smallest absolute Gasteiger partial charge is 0.178 e. The van der Waals surface area contributed by atoms with Crippen LogP contribution in [0.4, 0.5) is 0 Å². The van der Waals surface area contributed by atoms with E-state index < -0.39 is 22.0 Å². The summed E-state index contributed by atoms with van der Waals surface area (Å²) in [4.78, 5) is 0.327. The highest BCUT2D eigenvalue weighted by molar-refractivity contribution is 7.91. The number of rotatable bonds is 7. The molecule has 0 aliphatic heterocycles. The van der Waals surface area contributed by atoms with Gasteiger partial charge in [-0.15, -0.1) is 0 Å². The second kappa shape index (κ2) is 7.03. The van der Waals surface area contributed by atoms with Crippen LogP contribution in [-0.4, -0.2) is 36.6 Å². The number of hydrogen-bond acceptors (Lipinski definition) is 4. The lowest BCUT2D eigenvalue weighted by atomic mass is 10.0. The van der Waals surface area contributed by atoms with E-state index in [-0.39, 0.29) is 5.75 Å². The van der Waals surface area contributed by atoms with Crippen molar-refractivity contribution in [2.24, 2.45) is 0 Å². The Morgan fingerprint density at radius 3 is 2.11 bits per heavy atom. The van der Waals surface area contributed by atoms with E-state index in [0.29, 0.717) is 24.2 Å².